The van der Waals surface area contributed by atoms with Gasteiger partial charge in [-0.3, -0.25) is 0 Å². The fraction of sp³-hybridized carbons (Fsp3) is 0.750. The Kier molecular flexibility index (Phi) is 7.25. The highest BCUT2D eigenvalue weighted by atomic mass is 28.4. The Morgan fingerprint density at radius 2 is 1.96 bits per heavy atom. The van der Waals surface area contributed by atoms with Crippen molar-refractivity contribution in [2.45, 2.75) is 78.3 Å². The van der Waals surface area contributed by atoms with Crippen molar-refractivity contribution in [3.63, 3.8) is 0 Å². The number of ether oxygens (including phenoxy) is 1. The number of allylic oxidation sites excluding steroid dienone is 2. The molecule has 3 atom stereocenters. The maximum atomic E-state index is 11.6. The van der Waals surface area contributed by atoms with Crippen LogP contribution in [0.15, 0.2) is 23.8 Å². The molecule has 1 saturated carbocycles. The molecule has 3 unspecified atom stereocenters. The zero-order valence-corrected chi connectivity index (χ0v) is 18.2. The van der Waals surface area contributed by atoms with Gasteiger partial charge in [-0.1, -0.05) is 12.2 Å². The lowest BCUT2D eigenvalue weighted by molar-refractivity contribution is -0.137. The minimum absolute atomic E-state index is 0.102. The van der Waals surface area contributed by atoms with E-state index >= 15 is 0 Å². The summed E-state index contributed by atoms with van der Waals surface area (Å²) in [6.45, 7) is 16.6. The Morgan fingerprint density at radius 1 is 1.36 bits per heavy atom. The van der Waals surface area contributed by atoms with E-state index in [0.29, 0.717) is 6.61 Å². The third-order valence-corrected chi connectivity index (χ3v) is 5.81. The normalized spacial score (nSPS) is 28.6. The summed E-state index contributed by atoms with van der Waals surface area (Å²) in [6.07, 6.45) is 7.44. The highest BCUT2D eigenvalue weighted by Gasteiger charge is 2.50. The molecule has 0 bridgehead atoms. The maximum absolute atomic E-state index is 11.6. The molecule has 0 spiro atoms. The van der Waals surface area contributed by atoms with E-state index in [4.69, 9.17) is 9.16 Å². The quantitative estimate of drug-likeness (QED) is 0.312. The SMILES string of the molecule is CCOC(=O)C=C(C)C=CC1C(C(C)(C)O)CCC1(C)O[Si](C)(C)C. The average molecular weight is 369 g/mol. The molecule has 25 heavy (non-hydrogen) atoms. The number of esters is 1. The van der Waals surface area contributed by atoms with E-state index in [2.05, 4.69) is 32.6 Å². The minimum atomic E-state index is -1.72. The lowest BCUT2D eigenvalue weighted by Crippen LogP contribution is -2.46. The summed E-state index contributed by atoms with van der Waals surface area (Å²) in [6, 6.07) is 0. The van der Waals surface area contributed by atoms with Crippen LogP contribution in [0.3, 0.4) is 0 Å². The summed E-state index contributed by atoms with van der Waals surface area (Å²) in [5.74, 6) is -0.0958. The van der Waals surface area contributed by atoms with Crippen LogP contribution in [0.4, 0.5) is 0 Å². The summed E-state index contributed by atoms with van der Waals surface area (Å²) in [5.41, 5.74) is -0.209. The van der Waals surface area contributed by atoms with Gasteiger partial charge in [-0.15, -0.1) is 0 Å². The van der Waals surface area contributed by atoms with Crippen LogP contribution in [0, 0.1) is 11.8 Å². The standard InChI is InChI=1S/C20H36O4Si/c1-9-23-18(21)14-15(2)10-11-17-16(19(3,4)22)12-13-20(17,5)24-25(6,7)8/h10-11,14,16-17,22H,9,12-13H2,1-8H3. The van der Waals surface area contributed by atoms with Crippen molar-refractivity contribution in [2.24, 2.45) is 11.8 Å². The highest BCUT2D eigenvalue weighted by molar-refractivity contribution is 6.69. The number of hydrogen-bond donors (Lipinski definition) is 1. The van der Waals surface area contributed by atoms with Gasteiger partial charge in [-0.25, -0.2) is 4.79 Å². The van der Waals surface area contributed by atoms with E-state index in [-0.39, 0.29) is 23.4 Å². The van der Waals surface area contributed by atoms with Crippen molar-refractivity contribution in [1.82, 2.24) is 0 Å². The predicted molar refractivity (Wildman–Crippen MR) is 105 cm³/mol. The summed E-state index contributed by atoms with van der Waals surface area (Å²) in [7, 11) is -1.72. The molecule has 0 aromatic rings. The summed E-state index contributed by atoms with van der Waals surface area (Å²) in [5, 5.41) is 10.6. The number of hydrogen-bond acceptors (Lipinski definition) is 4. The van der Waals surface area contributed by atoms with Crippen molar-refractivity contribution in [3.8, 4) is 0 Å². The van der Waals surface area contributed by atoms with Gasteiger partial charge in [0.15, 0.2) is 8.32 Å². The molecule has 4 nitrogen and oxygen atoms in total. The van der Waals surface area contributed by atoms with Gasteiger partial charge in [0.25, 0.3) is 0 Å². The second kappa shape index (κ2) is 8.19. The van der Waals surface area contributed by atoms with Gasteiger partial charge in [-0.05, 0) is 78.6 Å². The first-order valence-corrected chi connectivity index (χ1v) is 12.6. The molecule has 1 aliphatic carbocycles. The van der Waals surface area contributed by atoms with E-state index in [1.807, 2.05) is 26.8 Å². The van der Waals surface area contributed by atoms with Crippen LogP contribution in [-0.4, -0.2) is 37.2 Å². The Morgan fingerprint density at radius 3 is 2.44 bits per heavy atom. The van der Waals surface area contributed by atoms with Gasteiger partial charge >= 0.3 is 5.97 Å². The molecule has 1 N–H and O–H groups in total. The molecule has 0 heterocycles. The topological polar surface area (TPSA) is 55.8 Å². The molecule has 5 heteroatoms. The number of aliphatic hydroxyl groups is 1. The minimum Gasteiger partial charge on any atom is -0.463 e. The largest absolute Gasteiger partial charge is 0.463 e. The molecule has 0 radical (unpaired) electrons. The summed E-state index contributed by atoms with van der Waals surface area (Å²) >= 11 is 0. The smallest absolute Gasteiger partial charge is 0.330 e. The molecule has 144 valence electrons. The van der Waals surface area contributed by atoms with Crippen molar-refractivity contribution in [2.75, 3.05) is 6.61 Å². The zero-order valence-electron chi connectivity index (χ0n) is 17.2. The summed E-state index contributed by atoms with van der Waals surface area (Å²) < 4.78 is 11.5. The average Bonchev–Trinajstić information content (AvgIpc) is 2.70. The second-order valence-corrected chi connectivity index (χ2v) is 13.3. The van der Waals surface area contributed by atoms with E-state index in [1.54, 1.807) is 6.92 Å². The Balaban J connectivity index is 3.08. The fourth-order valence-corrected chi connectivity index (χ4v) is 5.47. The first kappa shape index (κ1) is 22.1. The third-order valence-electron chi connectivity index (χ3n) is 4.74. The van der Waals surface area contributed by atoms with Gasteiger partial charge < -0.3 is 14.3 Å². The van der Waals surface area contributed by atoms with Crippen molar-refractivity contribution < 1.29 is 19.1 Å². The zero-order chi connectivity index (χ0) is 19.5. The Hall–Kier alpha value is -0.913. The molecule has 0 aromatic carbocycles. The van der Waals surface area contributed by atoms with Crippen molar-refractivity contribution in [3.05, 3.63) is 23.8 Å². The van der Waals surface area contributed by atoms with E-state index in [0.717, 1.165) is 18.4 Å². The van der Waals surface area contributed by atoms with Crippen LogP contribution in [0.1, 0.15) is 47.5 Å². The van der Waals surface area contributed by atoms with Gasteiger partial charge in [0.05, 0.1) is 17.8 Å². The third kappa shape index (κ3) is 6.72. The monoisotopic (exact) mass is 368 g/mol. The molecule has 1 fully saturated rings. The van der Waals surface area contributed by atoms with Gasteiger partial charge in [0, 0.05) is 12.0 Å². The van der Waals surface area contributed by atoms with Crippen LogP contribution in [0.2, 0.25) is 19.6 Å². The number of carbonyl (C=O) groups is 1. The molecule has 0 saturated heterocycles. The second-order valence-electron chi connectivity index (χ2n) is 8.85. The van der Waals surface area contributed by atoms with Gasteiger partial charge in [0.1, 0.15) is 0 Å². The number of carbonyl (C=O) groups excluding carboxylic acids is 1. The molecular formula is C20H36O4Si. The fourth-order valence-electron chi connectivity index (χ4n) is 3.84. The highest BCUT2D eigenvalue weighted by Crippen LogP contribution is 2.49. The van der Waals surface area contributed by atoms with E-state index in [9.17, 15) is 9.90 Å². The van der Waals surface area contributed by atoms with Crippen LogP contribution in [0.25, 0.3) is 0 Å². The molecule has 0 aliphatic heterocycles. The van der Waals surface area contributed by atoms with Crippen LogP contribution >= 0.6 is 0 Å². The molecule has 0 amide bonds. The van der Waals surface area contributed by atoms with E-state index < -0.39 is 13.9 Å². The first-order valence-electron chi connectivity index (χ1n) is 9.24. The van der Waals surface area contributed by atoms with Crippen LogP contribution in [0.5, 0.6) is 0 Å². The molecular weight excluding hydrogens is 332 g/mol. The van der Waals surface area contributed by atoms with Crippen molar-refractivity contribution in [1.29, 1.82) is 0 Å². The van der Waals surface area contributed by atoms with E-state index in [1.165, 1.54) is 6.08 Å². The molecule has 1 rings (SSSR count). The Labute approximate surface area is 154 Å². The summed E-state index contributed by atoms with van der Waals surface area (Å²) in [4.78, 5) is 11.6. The van der Waals surface area contributed by atoms with Crippen LogP contribution < -0.4 is 0 Å². The Bertz CT molecular complexity index is 525. The van der Waals surface area contributed by atoms with Gasteiger partial charge in [0.2, 0.25) is 0 Å². The molecule has 0 aromatic heterocycles. The number of rotatable bonds is 7. The van der Waals surface area contributed by atoms with Gasteiger partial charge in [-0.2, -0.15) is 0 Å². The first-order chi connectivity index (χ1) is 11.3. The van der Waals surface area contributed by atoms with Crippen LogP contribution in [-0.2, 0) is 14.0 Å². The predicted octanol–water partition coefficient (Wildman–Crippen LogP) is 4.46. The lowest BCUT2D eigenvalue weighted by atomic mass is 9.78. The lowest BCUT2D eigenvalue weighted by Gasteiger charge is -2.40. The van der Waals surface area contributed by atoms with Crippen molar-refractivity contribution >= 4 is 14.3 Å². The maximum Gasteiger partial charge on any atom is 0.330 e. The molecule has 1 aliphatic rings.